The van der Waals surface area contributed by atoms with Gasteiger partial charge in [-0.25, -0.2) is 0 Å². The van der Waals surface area contributed by atoms with Crippen molar-refractivity contribution >= 4 is 60.9 Å². The summed E-state index contributed by atoms with van der Waals surface area (Å²) in [6.45, 7) is 0. The van der Waals surface area contributed by atoms with E-state index < -0.39 is 0 Å². The first-order valence-corrected chi connectivity index (χ1v) is 19.3. The first-order valence-electron chi connectivity index (χ1n) is 19.3. The third-order valence-electron chi connectivity index (χ3n) is 11.1. The number of anilines is 3. The molecular formula is C54H35NO2. The van der Waals surface area contributed by atoms with E-state index in [9.17, 15) is 0 Å². The van der Waals surface area contributed by atoms with Crippen LogP contribution in [0.15, 0.2) is 221 Å². The zero-order chi connectivity index (χ0) is 37.7. The fraction of sp³-hybridized carbons (Fsp3) is 0. The molecule has 11 aromatic rings. The minimum absolute atomic E-state index is 0.900. The Labute approximate surface area is 330 Å². The number of rotatable bonds is 7. The zero-order valence-electron chi connectivity index (χ0n) is 31.0. The van der Waals surface area contributed by atoms with E-state index >= 15 is 0 Å². The summed E-state index contributed by atoms with van der Waals surface area (Å²) in [6.07, 6.45) is 0. The summed E-state index contributed by atoms with van der Waals surface area (Å²) in [5, 5.41) is 4.51. The number of para-hydroxylation sites is 2. The molecule has 0 unspecified atom stereocenters. The van der Waals surface area contributed by atoms with Crippen LogP contribution in [0.1, 0.15) is 0 Å². The number of benzene rings is 9. The lowest BCUT2D eigenvalue weighted by Gasteiger charge is -2.27. The van der Waals surface area contributed by atoms with E-state index in [2.05, 4.69) is 193 Å². The second kappa shape index (κ2) is 13.6. The summed E-state index contributed by atoms with van der Waals surface area (Å²) in [7, 11) is 0. The maximum Gasteiger partial charge on any atom is 0.135 e. The highest BCUT2D eigenvalue weighted by Gasteiger charge is 2.17. The van der Waals surface area contributed by atoms with Gasteiger partial charge in [0.1, 0.15) is 22.3 Å². The second-order valence-corrected chi connectivity index (χ2v) is 14.5. The summed E-state index contributed by atoms with van der Waals surface area (Å²) in [6, 6.07) is 75.4. The van der Waals surface area contributed by atoms with Gasteiger partial charge in [-0.1, -0.05) is 133 Å². The average molecular weight is 730 g/mol. The molecular weight excluding hydrogens is 695 g/mol. The third-order valence-corrected chi connectivity index (χ3v) is 11.1. The van der Waals surface area contributed by atoms with E-state index in [1.165, 1.54) is 11.1 Å². The molecule has 0 aliphatic heterocycles. The van der Waals surface area contributed by atoms with E-state index in [4.69, 9.17) is 8.83 Å². The second-order valence-electron chi connectivity index (χ2n) is 14.5. The van der Waals surface area contributed by atoms with E-state index in [1.807, 2.05) is 24.3 Å². The maximum atomic E-state index is 6.13. The Balaban J connectivity index is 1.04. The molecule has 268 valence electrons. The van der Waals surface area contributed by atoms with E-state index in [1.54, 1.807) is 0 Å². The number of furan rings is 2. The van der Waals surface area contributed by atoms with Crippen molar-refractivity contribution in [2.75, 3.05) is 4.90 Å². The molecule has 0 amide bonds. The standard InChI is InChI=1S/C54H35NO2/c1-3-11-36(12-4-1)42-31-43(37-13-5-2-6-14-37)33-46(32-42)55(44-25-19-38(20-26-44)40-23-29-53-49(34-40)47-15-7-9-17-51(47)56-53)45-27-21-39(22-28-45)41-24-30-54-50(35-41)48-16-8-10-18-52(48)57-54/h1-35H. The van der Waals surface area contributed by atoms with Gasteiger partial charge in [-0.3, -0.25) is 0 Å². The number of hydrogen-bond donors (Lipinski definition) is 0. The molecule has 0 saturated carbocycles. The Bertz CT molecular complexity index is 3000. The van der Waals surface area contributed by atoms with Crippen LogP contribution in [0, 0.1) is 0 Å². The molecule has 0 fully saturated rings. The van der Waals surface area contributed by atoms with Crippen LogP contribution >= 0.6 is 0 Å². The van der Waals surface area contributed by atoms with Crippen LogP contribution in [0.5, 0.6) is 0 Å². The van der Waals surface area contributed by atoms with Crippen LogP contribution in [0.4, 0.5) is 17.1 Å². The van der Waals surface area contributed by atoms with Crippen LogP contribution in [-0.2, 0) is 0 Å². The van der Waals surface area contributed by atoms with E-state index in [0.29, 0.717) is 0 Å². The molecule has 0 atom stereocenters. The van der Waals surface area contributed by atoms with Gasteiger partial charge in [0.25, 0.3) is 0 Å². The fourth-order valence-electron chi connectivity index (χ4n) is 8.20. The molecule has 11 rings (SSSR count). The highest BCUT2D eigenvalue weighted by atomic mass is 16.3. The Hall–Kier alpha value is -7.62. The van der Waals surface area contributed by atoms with Crippen molar-refractivity contribution in [1.29, 1.82) is 0 Å². The lowest BCUT2D eigenvalue weighted by molar-refractivity contribution is 0.668. The smallest absolute Gasteiger partial charge is 0.135 e. The monoisotopic (exact) mass is 729 g/mol. The summed E-state index contributed by atoms with van der Waals surface area (Å²) in [4.78, 5) is 2.37. The van der Waals surface area contributed by atoms with Gasteiger partial charge in [-0.15, -0.1) is 0 Å². The van der Waals surface area contributed by atoms with Gasteiger partial charge in [0.05, 0.1) is 0 Å². The van der Waals surface area contributed by atoms with Crippen LogP contribution in [0.3, 0.4) is 0 Å². The van der Waals surface area contributed by atoms with Crippen LogP contribution < -0.4 is 4.90 Å². The molecule has 9 aromatic carbocycles. The Kier molecular flexibility index (Phi) is 7.82. The van der Waals surface area contributed by atoms with Crippen molar-refractivity contribution in [3.63, 3.8) is 0 Å². The number of nitrogens with zero attached hydrogens (tertiary/aromatic N) is 1. The van der Waals surface area contributed by atoms with Crippen molar-refractivity contribution < 1.29 is 8.83 Å². The Morgan fingerprint density at radius 2 is 0.596 bits per heavy atom. The number of fused-ring (bicyclic) bond motifs is 6. The normalized spacial score (nSPS) is 11.5. The molecule has 0 N–H and O–H groups in total. The first kappa shape index (κ1) is 32.8. The van der Waals surface area contributed by atoms with Crippen LogP contribution in [0.2, 0.25) is 0 Å². The van der Waals surface area contributed by atoms with Gasteiger partial charge in [0, 0.05) is 38.6 Å². The molecule has 0 saturated heterocycles. The summed E-state index contributed by atoms with van der Waals surface area (Å²) in [5.74, 6) is 0. The van der Waals surface area contributed by atoms with Crippen LogP contribution in [0.25, 0.3) is 88.4 Å². The predicted octanol–water partition coefficient (Wildman–Crippen LogP) is 15.6. The van der Waals surface area contributed by atoms with E-state index in [-0.39, 0.29) is 0 Å². The highest BCUT2D eigenvalue weighted by Crippen LogP contribution is 2.42. The lowest BCUT2D eigenvalue weighted by Crippen LogP contribution is -2.10. The van der Waals surface area contributed by atoms with Crippen molar-refractivity contribution in [1.82, 2.24) is 0 Å². The van der Waals surface area contributed by atoms with Crippen molar-refractivity contribution in [2.45, 2.75) is 0 Å². The predicted molar refractivity (Wildman–Crippen MR) is 237 cm³/mol. The van der Waals surface area contributed by atoms with Gasteiger partial charge in [0.15, 0.2) is 0 Å². The van der Waals surface area contributed by atoms with Gasteiger partial charge < -0.3 is 13.7 Å². The van der Waals surface area contributed by atoms with Crippen LogP contribution in [-0.4, -0.2) is 0 Å². The molecule has 3 heteroatoms. The first-order chi connectivity index (χ1) is 28.2. The quantitative estimate of drug-likeness (QED) is 0.164. The SMILES string of the molecule is c1ccc(-c2cc(-c3ccccc3)cc(N(c3ccc(-c4ccc5oc6ccccc6c5c4)cc3)c3ccc(-c4ccc5oc6ccccc6c5c4)cc3)c2)cc1. The minimum atomic E-state index is 0.900. The van der Waals surface area contributed by atoms with Gasteiger partial charge >= 0.3 is 0 Å². The summed E-state index contributed by atoms with van der Waals surface area (Å²) >= 11 is 0. The topological polar surface area (TPSA) is 29.5 Å². The molecule has 0 radical (unpaired) electrons. The average Bonchev–Trinajstić information content (AvgIpc) is 3.85. The van der Waals surface area contributed by atoms with Crippen molar-refractivity contribution in [3.05, 3.63) is 212 Å². The molecule has 57 heavy (non-hydrogen) atoms. The van der Waals surface area contributed by atoms with Gasteiger partial charge in [-0.2, -0.15) is 0 Å². The molecule has 2 aromatic heterocycles. The molecule has 2 heterocycles. The van der Waals surface area contributed by atoms with Crippen molar-refractivity contribution in [2.24, 2.45) is 0 Å². The Morgan fingerprint density at radius 1 is 0.228 bits per heavy atom. The molecule has 0 aliphatic carbocycles. The molecule has 0 spiro atoms. The lowest BCUT2D eigenvalue weighted by atomic mass is 9.97. The molecule has 0 bridgehead atoms. The summed E-state index contributed by atoms with van der Waals surface area (Å²) in [5.41, 5.74) is 16.1. The highest BCUT2D eigenvalue weighted by molar-refractivity contribution is 6.07. The molecule has 0 aliphatic rings. The maximum absolute atomic E-state index is 6.13. The summed E-state index contributed by atoms with van der Waals surface area (Å²) < 4.78 is 12.3. The third kappa shape index (κ3) is 5.94. The fourth-order valence-corrected chi connectivity index (χ4v) is 8.20. The van der Waals surface area contributed by atoms with Gasteiger partial charge in [0.2, 0.25) is 0 Å². The minimum Gasteiger partial charge on any atom is -0.456 e. The Morgan fingerprint density at radius 3 is 1.05 bits per heavy atom. The van der Waals surface area contributed by atoms with E-state index in [0.717, 1.165) is 94.3 Å². The number of hydrogen-bond acceptors (Lipinski definition) is 3. The molecule has 3 nitrogen and oxygen atoms in total. The largest absolute Gasteiger partial charge is 0.456 e. The van der Waals surface area contributed by atoms with Gasteiger partial charge in [-0.05, 0) is 123 Å². The zero-order valence-corrected chi connectivity index (χ0v) is 31.0. The van der Waals surface area contributed by atoms with Crippen molar-refractivity contribution in [3.8, 4) is 44.5 Å².